The number of halogens is 1. The van der Waals surface area contributed by atoms with Crippen LogP contribution in [0.1, 0.15) is 31.7 Å². The smallest absolute Gasteiger partial charge is 0.126 e. The lowest BCUT2D eigenvalue weighted by atomic mass is 9.98. The van der Waals surface area contributed by atoms with Gasteiger partial charge in [-0.3, -0.25) is 4.90 Å². The number of benzene rings is 1. The third-order valence-corrected chi connectivity index (χ3v) is 5.10. The van der Waals surface area contributed by atoms with E-state index in [1.165, 1.54) is 0 Å². The van der Waals surface area contributed by atoms with Crippen LogP contribution in [0.2, 0.25) is 0 Å². The van der Waals surface area contributed by atoms with Gasteiger partial charge in [0.25, 0.3) is 0 Å². The molecule has 1 aromatic rings. The quantitative estimate of drug-likeness (QED) is 0.851. The van der Waals surface area contributed by atoms with Gasteiger partial charge in [0.1, 0.15) is 5.82 Å². The van der Waals surface area contributed by atoms with E-state index in [-0.39, 0.29) is 11.4 Å². The van der Waals surface area contributed by atoms with E-state index in [9.17, 15) is 4.39 Å². The van der Waals surface area contributed by atoms with Gasteiger partial charge in [0.15, 0.2) is 0 Å². The van der Waals surface area contributed by atoms with Crippen molar-refractivity contribution in [1.29, 1.82) is 0 Å². The van der Waals surface area contributed by atoms with E-state index in [0.29, 0.717) is 5.92 Å². The molecule has 2 aliphatic heterocycles. The minimum atomic E-state index is -0.0539. The molecule has 2 heterocycles. The fourth-order valence-electron chi connectivity index (χ4n) is 3.85. The predicted octanol–water partition coefficient (Wildman–Crippen LogP) is 2.73. The van der Waals surface area contributed by atoms with Crippen molar-refractivity contribution >= 4 is 0 Å². The molecule has 3 nitrogen and oxygen atoms in total. The number of morpholine rings is 1. The van der Waals surface area contributed by atoms with Crippen molar-refractivity contribution in [2.45, 2.75) is 31.7 Å². The van der Waals surface area contributed by atoms with E-state index in [0.717, 1.165) is 57.9 Å². The first-order chi connectivity index (χ1) is 10.6. The van der Waals surface area contributed by atoms with Crippen molar-refractivity contribution in [3.05, 3.63) is 35.6 Å². The second-order valence-electron chi connectivity index (χ2n) is 7.15. The van der Waals surface area contributed by atoms with Crippen molar-refractivity contribution in [2.24, 2.45) is 0 Å². The normalized spacial score (nSPS) is 24.8. The molecule has 0 aliphatic carbocycles. The maximum Gasteiger partial charge on any atom is 0.126 e. The summed E-state index contributed by atoms with van der Waals surface area (Å²) in [7, 11) is 0. The summed E-state index contributed by atoms with van der Waals surface area (Å²) in [5, 5.41) is 0. The summed E-state index contributed by atoms with van der Waals surface area (Å²) < 4.78 is 19.4. The Balaban J connectivity index is 1.59. The summed E-state index contributed by atoms with van der Waals surface area (Å²) in [4.78, 5) is 5.01. The highest BCUT2D eigenvalue weighted by molar-refractivity contribution is 5.23. The Morgan fingerprint density at radius 3 is 2.64 bits per heavy atom. The van der Waals surface area contributed by atoms with Gasteiger partial charge in [0.2, 0.25) is 0 Å². The summed E-state index contributed by atoms with van der Waals surface area (Å²) in [6, 6.07) is 7.23. The number of hydrogen-bond donors (Lipinski definition) is 0. The van der Waals surface area contributed by atoms with E-state index >= 15 is 0 Å². The standard InChI is InChI=1S/C18H27FN2O/c1-18(2,21-9-11-22-12-10-21)14-20-8-7-15(13-20)16-5-3-4-6-17(16)19/h3-6,15H,7-14H2,1-2H3/t15-/m1/s1. The number of hydrogen-bond acceptors (Lipinski definition) is 3. The molecule has 1 aromatic carbocycles. The monoisotopic (exact) mass is 306 g/mol. The first-order valence-corrected chi connectivity index (χ1v) is 8.36. The van der Waals surface area contributed by atoms with Gasteiger partial charge >= 0.3 is 0 Å². The second-order valence-corrected chi connectivity index (χ2v) is 7.15. The zero-order chi connectivity index (χ0) is 15.6. The lowest BCUT2D eigenvalue weighted by molar-refractivity contribution is -0.0197. The molecule has 0 amide bonds. The van der Waals surface area contributed by atoms with Crippen molar-refractivity contribution in [2.75, 3.05) is 45.9 Å². The summed E-state index contributed by atoms with van der Waals surface area (Å²) in [5.74, 6) is 0.281. The molecule has 0 spiro atoms. The zero-order valence-electron chi connectivity index (χ0n) is 13.7. The third kappa shape index (κ3) is 3.50. The van der Waals surface area contributed by atoms with Crippen LogP contribution in [0.3, 0.4) is 0 Å². The molecule has 0 N–H and O–H groups in total. The highest BCUT2D eigenvalue weighted by Crippen LogP contribution is 2.30. The molecule has 0 unspecified atom stereocenters. The molecule has 2 aliphatic rings. The summed E-state index contributed by atoms with van der Waals surface area (Å²) >= 11 is 0. The molecule has 2 fully saturated rings. The molecule has 122 valence electrons. The van der Waals surface area contributed by atoms with Crippen LogP contribution in [-0.4, -0.2) is 61.3 Å². The van der Waals surface area contributed by atoms with Gasteiger partial charge in [-0.25, -0.2) is 4.39 Å². The molecule has 0 saturated carbocycles. The van der Waals surface area contributed by atoms with Gasteiger partial charge in [0, 0.05) is 37.6 Å². The molecule has 22 heavy (non-hydrogen) atoms. The SMILES string of the molecule is CC(C)(CN1CC[C@@H](c2ccccc2F)C1)N1CCOCC1. The molecule has 0 bridgehead atoms. The lowest BCUT2D eigenvalue weighted by Crippen LogP contribution is -2.55. The summed E-state index contributed by atoms with van der Waals surface area (Å²) in [6.45, 7) is 11.4. The number of likely N-dealkylation sites (tertiary alicyclic amines) is 1. The molecular formula is C18H27FN2O. The van der Waals surface area contributed by atoms with Gasteiger partial charge in [-0.1, -0.05) is 18.2 Å². The number of ether oxygens (including phenoxy) is 1. The molecule has 0 aromatic heterocycles. The van der Waals surface area contributed by atoms with Crippen molar-refractivity contribution in [3.63, 3.8) is 0 Å². The van der Waals surface area contributed by atoms with E-state index in [1.54, 1.807) is 12.1 Å². The predicted molar refractivity (Wildman–Crippen MR) is 86.7 cm³/mol. The Labute approximate surface area is 133 Å². The van der Waals surface area contributed by atoms with Crippen molar-refractivity contribution in [1.82, 2.24) is 9.80 Å². The van der Waals surface area contributed by atoms with Crippen molar-refractivity contribution < 1.29 is 9.13 Å². The highest BCUT2D eigenvalue weighted by atomic mass is 19.1. The van der Waals surface area contributed by atoms with Crippen LogP contribution in [0.5, 0.6) is 0 Å². The van der Waals surface area contributed by atoms with Crippen molar-refractivity contribution in [3.8, 4) is 0 Å². The summed E-state index contributed by atoms with van der Waals surface area (Å²) in [5.41, 5.74) is 1.03. The Bertz CT molecular complexity index is 500. The maximum atomic E-state index is 14.0. The molecule has 1 atom stereocenters. The van der Waals surface area contributed by atoms with Gasteiger partial charge in [-0.2, -0.15) is 0 Å². The van der Waals surface area contributed by atoms with Crippen LogP contribution in [0, 0.1) is 5.82 Å². The van der Waals surface area contributed by atoms with Gasteiger partial charge in [-0.05, 0) is 38.4 Å². The van der Waals surface area contributed by atoms with Crippen LogP contribution in [0.15, 0.2) is 24.3 Å². The largest absolute Gasteiger partial charge is 0.379 e. The second kappa shape index (κ2) is 6.65. The molecule has 0 radical (unpaired) electrons. The minimum Gasteiger partial charge on any atom is -0.379 e. The summed E-state index contributed by atoms with van der Waals surface area (Å²) in [6.07, 6.45) is 1.06. The number of rotatable bonds is 4. The zero-order valence-corrected chi connectivity index (χ0v) is 13.7. The third-order valence-electron chi connectivity index (χ3n) is 5.10. The molecule has 3 rings (SSSR count). The first-order valence-electron chi connectivity index (χ1n) is 8.36. The van der Waals surface area contributed by atoms with Crippen LogP contribution in [0.4, 0.5) is 4.39 Å². The average Bonchev–Trinajstić information content (AvgIpc) is 2.96. The van der Waals surface area contributed by atoms with E-state index in [1.807, 2.05) is 12.1 Å². The van der Waals surface area contributed by atoms with Crippen LogP contribution in [0.25, 0.3) is 0 Å². The fourth-order valence-corrected chi connectivity index (χ4v) is 3.85. The van der Waals surface area contributed by atoms with Gasteiger partial charge < -0.3 is 9.64 Å². The number of nitrogens with zero attached hydrogens (tertiary/aromatic N) is 2. The Morgan fingerprint density at radius 1 is 1.18 bits per heavy atom. The maximum absolute atomic E-state index is 14.0. The Kier molecular flexibility index (Phi) is 4.81. The van der Waals surface area contributed by atoms with Gasteiger partial charge in [0.05, 0.1) is 13.2 Å². The fraction of sp³-hybridized carbons (Fsp3) is 0.667. The minimum absolute atomic E-state index is 0.0539. The Hall–Kier alpha value is -0.970. The van der Waals surface area contributed by atoms with Gasteiger partial charge in [-0.15, -0.1) is 0 Å². The first kappa shape index (κ1) is 15.9. The average molecular weight is 306 g/mol. The van der Waals surface area contributed by atoms with E-state index in [4.69, 9.17) is 4.74 Å². The molecule has 4 heteroatoms. The molecular weight excluding hydrogens is 279 g/mol. The van der Waals surface area contributed by atoms with E-state index in [2.05, 4.69) is 23.6 Å². The molecule has 2 saturated heterocycles. The topological polar surface area (TPSA) is 15.7 Å². The Morgan fingerprint density at radius 2 is 1.91 bits per heavy atom. The van der Waals surface area contributed by atoms with E-state index < -0.39 is 0 Å². The van der Waals surface area contributed by atoms with Crippen LogP contribution < -0.4 is 0 Å². The van der Waals surface area contributed by atoms with Crippen LogP contribution in [-0.2, 0) is 4.74 Å². The van der Waals surface area contributed by atoms with Crippen LogP contribution >= 0.6 is 0 Å². The highest BCUT2D eigenvalue weighted by Gasteiger charge is 2.33. The lowest BCUT2D eigenvalue weighted by Gasteiger charge is -2.43.